The molecule has 1 aromatic heterocycles. The van der Waals surface area contributed by atoms with Gasteiger partial charge in [-0.3, -0.25) is 4.79 Å². The van der Waals surface area contributed by atoms with Gasteiger partial charge in [0.15, 0.2) is 5.13 Å². The number of benzene rings is 1. The minimum absolute atomic E-state index is 0.544. The number of para-hydroxylation sites is 1. The minimum Gasteiger partial charge on any atom is -0.481 e. The fourth-order valence-electron chi connectivity index (χ4n) is 2.57. The fourth-order valence-corrected chi connectivity index (χ4v) is 3.56. The Morgan fingerprint density at radius 1 is 1.47 bits per heavy atom. The molecule has 0 saturated carbocycles. The Labute approximate surface area is 115 Å². The molecule has 0 amide bonds. The van der Waals surface area contributed by atoms with E-state index in [9.17, 15) is 9.90 Å². The van der Waals surface area contributed by atoms with Gasteiger partial charge in [0.2, 0.25) is 0 Å². The number of aromatic nitrogens is 1. The Kier molecular flexibility index (Phi) is 2.93. The van der Waals surface area contributed by atoms with Gasteiger partial charge in [0.05, 0.1) is 15.6 Å². The second kappa shape index (κ2) is 4.49. The molecule has 0 aliphatic carbocycles. The number of anilines is 1. The third-order valence-corrected chi connectivity index (χ3v) is 4.86. The van der Waals surface area contributed by atoms with Gasteiger partial charge in [-0.05, 0) is 31.9 Å². The molecule has 5 heteroatoms. The van der Waals surface area contributed by atoms with Crippen LogP contribution in [0.2, 0.25) is 0 Å². The largest absolute Gasteiger partial charge is 0.481 e. The second-order valence-electron chi connectivity index (χ2n) is 5.36. The van der Waals surface area contributed by atoms with E-state index in [2.05, 4.69) is 16.0 Å². The van der Waals surface area contributed by atoms with Crippen LogP contribution in [0.5, 0.6) is 0 Å². The Morgan fingerprint density at radius 3 is 3.00 bits per heavy atom. The molecule has 1 saturated heterocycles. The van der Waals surface area contributed by atoms with Crippen molar-refractivity contribution in [2.24, 2.45) is 5.41 Å². The van der Waals surface area contributed by atoms with E-state index in [1.165, 1.54) is 0 Å². The number of aliphatic carboxylic acids is 1. The standard InChI is InChI=1S/C14H16N2O2S/c1-14(12(17)18)7-4-8-16(9-14)13-15-10-5-2-3-6-11(10)19-13/h2-3,5-6H,4,7-9H2,1H3,(H,17,18). The lowest BCUT2D eigenvalue weighted by Gasteiger charge is -2.37. The first-order valence-corrected chi connectivity index (χ1v) is 7.24. The number of hydrogen-bond acceptors (Lipinski definition) is 4. The van der Waals surface area contributed by atoms with E-state index >= 15 is 0 Å². The first-order chi connectivity index (χ1) is 9.08. The van der Waals surface area contributed by atoms with Crippen molar-refractivity contribution in [3.63, 3.8) is 0 Å². The maximum Gasteiger partial charge on any atom is 0.311 e. The molecule has 1 aliphatic rings. The van der Waals surface area contributed by atoms with Crippen molar-refractivity contribution in [2.45, 2.75) is 19.8 Å². The van der Waals surface area contributed by atoms with Crippen LogP contribution in [0, 0.1) is 5.41 Å². The number of thiazole rings is 1. The Bertz CT molecular complexity index is 592. The number of carbonyl (C=O) groups is 1. The number of piperidine rings is 1. The monoisotopic (exact) mass is 276 g/mol. The van der Waals surface area contributed by atoms with Crippen LogP contribution in [0.25, 0.3) is 10.2 Å². The molecule has 0 spiro atoms. The summed E-state index contributed by atoms with van der Waals surface area (Å²) in [5, 5.41) is 10.3. The summed E-state index contributed by atoms with van der Waals surface area (Å²) in [7, 11) is 0. The van der Waals surface area contributed by atoms with Crippen molar-refractivity contribution in [1.29, 1.82) is 0 Å². The smallest absolute Gasteiger partial charge is 0.311 e. The third-order valence-electron chi connectivity index (χ3n) is 3.77. The topological polar surface area (TPSA) is 53.4 Å². The van der Waals surface area contributed by atoms with Crippen LogP contribution in [0.3, 0.4) is 0 Å². The first-order valence-electron chi connectivity index (χ1n) is 6.42. The predicted molar refractivity (Wildman–Crippen MR) is 76.8 cm³/mol. The number of fused-ring (bicyclic) bond motifs is 1. The molecule has 2 heterocycles. The normalized spacial score (nSPS) is 23.7. The van der Waals surface area contributed by atoms with Gasteiger partial charge in [-0.15, -0.1) is 0 Å². The molecule has 19 heavy (non-hydrogen) atoms. The molecule has 1 aromatic carbocycles. The highest BCUT2D eigenvalue weighted by molar-refractivity contribution is 7.22. The predicted octanol–water partition coefficient (Wildman–Crippen LogP) is 2.99. The van der Waals surface area contributed by atoms with Gasteiger partial charge >= 0.3 is 5.97 Å². The lowest BCUT2D eigenvalue weighted by atomic mass is 9.82. The van der Waals surface area contributed by atoms with Crippen LogP contribution < -0.4 is 4.90 Å². The van der Waals surface area contributed by atoms with E-state index in [4.69, 9.17) is 0 Å². The molecule has 1 fully saturated rings. The fraction of sp³-hybridized carbons (Fsp3) is 0.429. The zero-order valence-electron chi connectivity index (χ0n) is 10.8. The molecule has 1 unspecified atom stereocenters. The van der Waals surface area contributed by atoms with Crippen LogP contribution in [0.4, 0.5) is 5.13 Å². The highest BCUT2D eigenvalue weighted by atomic mass is 32.1. The van der Waals surface area contributed by atoms with Crippen molar-refractivity contribution in [3.8, 4) is 0 Å². The summed E-state index contributed by atoms with van der Waals surface area (Å²) >= 11 is 1.64. The van der Waals surface area contributed by atoms with Gasteiger partial charge in [0, 0.05) is 13.1 Å². The second-order valence-corrected chi connectivity index (χ2v) is 6.36. The summed E-state index contributed by atoms with van der Waals surface area (Å²) in [4.78, 5) is 18.1. The van der Waals surface area contributed by atoms with Crippen molar-refractivity contribution < 1.29 is 9.90 Å². The lowest BCUT2D eigenvalue weighted by Crippen LogP contribution is -2.46. The van der Waals surface area contributed by atoms with E-state index in [1.807, 2.05) is 25.1 Å². The molecular formula is C14H16N2O2S. The van der Waals surface area contributed by atoms with Crippen molar-refractivity contribution in [1.82, 2.24) is 4.98 Å². The van der Waals surface area contributed by atoms with E-state index in [0.717, 1.165) is 34.7 Å². The van der Waals surface area contributed by atoms with Crippen molar-refractivity contribution in [2.75, 3.05) is 18.0 Å². The van der Waals surface area contributed by atoms with Gasteiger partial charge in [0.25, 0.3) is 0 Å². The number of rotatable bonds is 2. The Balaban J connectivity index is 1.91. The van der Waals surface area contributed by atoms with Gasteiger partial charge in [0.1, 0.15) is 0 Å². The molecule has 4 nitrogen and oxygen atoms in total. The molecule has 2 aromatic rings. The minimum atomic E-state index is -0.710. The van der Waals surface area contributed by atoms with Crippen molar-refractivity contribution in [3.05, 3.63) is 24.3 Å². The van der Waals surface area contributed by atoms with Gasteiger partial charge in [-0.1, -0.05) is 23.5 Å². The molecule has 1 N–H and O–H groups in total. The molecule has 0 bridgehead atoms. The average molecular weight is 276 g/mol. The molecule has 1 atom stereocenters. The van der Waals surface area contributed by atoms with Crippen LogP contribution in [-0.2, 0) is 4.79 Å². The van der Waals surface area contributed by atoms with Crippen LogP contribution in [-0.4, -0.2) is 29.1 Å². The molecule has 0 radical (unpaired) electrons. The number of carboxylic acids is 1. The number of hydrogen-bond donors (Lipinski definition) is 1. The molecule has 100 valence electrons. The Morgan fingerprint density at radius 2 is 2.26 bits per heavy atom. The van der Waals surface area contributed by atoms with Crippen molar-refractivity contribution >= 4 is 32.7 Å². The van der Waals surface area contributed by atoms with E-state index in [1.54, 1.807) is 11.3 Å². The number of nitrogens with zero attached hydrogens (tertiary/aromatic N) is 2. The molecule has 1 aliphatic heterocycles. The summed E-state index contributed by atoms with van der Waals surface area (Å²) in [6, 6.07) is 8.03. The van der Waals surface area contributed by atoms with E-state index in [-0.39, 0.29) is 0 Å². The highest BCUT2D eigenvalue weighted by Gasteiger charge is 2.38. The lowest BCUT2D eigenvalue weighted by molar-refractivity contribution is -0.148. The maximum atomic E-state index is 11.4. The third kappa shape index (κ3) is 2.18. The van der Waals surface area contributed by atoms with Gasteiger partial charge in [-0.2, -0.15) is 0 Å². The zero-order valence-corrected chi connectivity index (χ0v) is 11.6. The average Bonchev–Trinajstić information content (AvgIpc) is 2.82. The summed E-state index contributed by atoms with van der Waals surface area (Å²) in [6.45, 7) is 3.26. The SMILES string of the molecule is CC1(C(=O)O)CCCN(c2nc3ccccc3s2)C1. The highest BCUT2D eigenvalue weighted by Crippen LogP contribution is 2.35. The van der Waals surface area contributed by atoms with Crippen LogP contribution >= 0.6 is 11.3 Å². The maximum absolute atomic E-state index is 11.4. The van der Waals surface area contributed by atoms with Gasteiger partial charge < -0.3 is 10.0 Å². The first kappa shape index (κ1) is 12.4. The van der Waals surface area contributed by atoms with Crippen LogP contribution in [0.15, 0.2) is 24.3 Å². The Hall–Kier alpha value is -1.62. The zero-order chi connectivity index (χ0) is 13.5. The summed E-state index contributed by atoms with van der Waals surface area (Å²) in [6.07, 6.45) is 1.64. The summed E-state index contributed by atoms with van der Waals surface area (Å²) in [5.74, 6) is -0.710. The summed E-state index contributed by atoms with van der Waals surface area (Å²) in [5.41, 5.74) is 0.334. The molecule has 3 rings (SSSR count). The van der Waals surface area contributed by atoms with Crippen LogP contribution in [0.1, 0.15) is 19.8 Å². The quantitative estimate of drug-likeness (QED) is 0.916. The van der Waals surface area contributed by atoms with Gasteiger partial charge in [-0.25, -0.2) is 4.98 Å². The molecular weight excluding hydrogens is 260 g/mol. The number of carboxylic acid groups (broad SMARTS) is 1. The van der Waals surface area contributed by atoms with E-state index < -0.39 is 11.4 Å². The van der Waals surface area contributed by atoms with E-state index in [0.29, 0.717) is 6.54 Å². The summed E-state index contributed by atoms with van der Waals surface area (Å²) < 4.78 is 1.15.